The van der Waals surface area contributed by atoms with Gasteiger partial charge in [-0.3, -0.25) is 9.20 Å². The van der Waals surface area contributed by atoms with Crippen LogP contribution in [-0.2, 0) is 14.8 Å². The molecule has 1 amide bonds. The number of aromatic nitrogens is 3. The number of fused-ring (bicyclic) bond motifs is 4. The summed E-state index contributed by atoms with van der Waals surface area (Å²) in [5, 5.41) is 13.0. The first-order chi connectivity index (χ1) is 18.3. The molecule has 2 aromatic heterocycles. The standard InChI is InChI=1S/C26H27N5O5S2/c1-16-11-18-12-22-23(36-15-35-22)13-21(18)31-25(16)28-29-26(31)37-14-24(32)27-19-6-8-20(9-7-19)38(33,34)30-10-4-3-5-17(30)2/h6-9,11-13,17H,3-5,10,14-15H2,1-2H3,(H,27,32). The largest absolute Gasteiger partial charge is 0.454 e. The molecule has 2 aliphatic rings. The van der Waals surface area contributed by atoms with Crippen LogP contribution in [-0.4, -0.2) is 58.4 Å². The Hall–Kier alpha value is -3.35. The second-order valence-electron chi connectivity index (χ2n) is 9.56. The predicted octanol–water partition coefficient (Wildman–Crippen LogP) is 4.21. The van der Waals surface area contributed by atoms with Gasteiger partial charge in [0.15, 0.2) is 22.3 Å². The van der Waals surface area contributed by atoms with Crippen LogP contribution < -0.4 is 14.8 Å². The van der Waals surface area contributed by atoms with E-state index in [9.17, 15) is 13.2 Å². The number of nitrogens with one attached hydrogen (secondary N) is 1. The van der Waals surface area contributed by atoms with E-state index in [2.05, 4.69) is 15.5 Å². The molecule has 2 aliphatic heterocycles. The number of carbonyl (C=O) groups excluding carboxylic acids is 1. The Balaban J connectivity index is 1.17. The summed E-state index contributed by atoms with van der Waals surface area (Å²) in [4.78, 5) is 13.0. The molecule has 0 saturated carbocycles. The lowest BCUT2D eigenvalue weighted by Crippen LogP contribution is -2.41. The molecular formula is C26H27N5O5S2. The van der Waals surface area contributed by atoms with Gasteiger partial charge in [0.2, 0.25) is 22.7 Å². The lowest BCUT2D eigenvalue weighted by Gasteiger charge is -2.32. The number of ether oxygens (including phenoxy) is 2. The van der Waals surface area contributed by atoms with Crippen molar-refractivity contribution in [3.63, 3.8) is 0 Å². The van der Waals surface area contributed by atoms with E-state index in [1.807, 2.05) is 36.4 Å². The van der Waals surface area contributed by atoms with Crippen molar-refractivity contribution in [2.75, 3.05) is 24.4 Å². The molecular weight excluding hydrogens is 526 g/mol. The fourth-order valence-electron chi connectivity index (χ4n) is 4.99. The Kier molecular flexibility index (Phi) is 6.40. The molecule has 1 unspecified atom stereocenters. The summed E-state index contributed by atoms with van der Waals surface area (Å²) in [6.45, 7) is 4.63. The average Bonchev–Trinajstić information content (AvgIpc) is 3.54. The Bertz CT molecular complexity index is 1650. The van der Waals surface area contributed by atoms with Crippen LogP contribution in [0.15, 0.2) is 52.5 Å². The minimum atomic E-state index is -3.56. The quantitative estimate of drug-likeness (QED) is 0.353. The summed E-state index contributed by atoms with van der Waals surface area (Å²) in [7, 11) is -3.56. The molecule has 0 aliphatic carbocycles. The number of anilines is 1. The van der Waals surface area contributed by atoms with E-state index in [1.165, 1.54) is 11.8 Å². The van der Waals surface area contributed by atoms with Gasteiger partial charge >= 0.3 is 0 Å². The van der Waals surface area contributed by atoms with Crippen LogP contribution in [0.3, 0.4) is 0 Å². The van der Waals surface area contributed by atoms with Gasteiger partial charge in [0, 0.05) is 29.7 Å². The molecule has 0 bridgehead atoms. The number of benzene rings is 2. The lowest BCUT2D eigenvalue weighted by molar-refractivity contribution is -0.113. The first-order valence-corrected chi connectivity index (χ1v) is 14.9. The van der Waals surface area contributed by atoms with Gasteiger partial charge in [-0.25, -0.2) is 8.42 Å². The zero-order valence-corrected chi connectivity index (χ0v) is 22.6. The SMILES string of the molecule is Cc1cc2cc3c(cc2n2c(SCC(=O)Nc4ccc(S(=O)(=O)N5CCCCC5C)cc4)nnc12)OCO3. The summed E-state index contributed by atoms with van der Waals surface area (Å²) in [6, 6.07) is 12.2. The lowest BCUT2D eigenvalue weighted by atomic mass is 10.1. The molecule has 1 atom stereocenters. The average molecular weight is 554 g/mol. The van der Waals surface area contributed by atoms with Crippen molar-refractivity contribution in [2.45, 2.75) is 49.2 Å². The molecule has 6 rings (SSSR count). The van der Waals surface area contributed by atoms with Gasteiger partial charge < -0.3 is 14.8 Å². The molecule has 4 aromatic rings. The maximum absolute atomic E-state index is 13.1. The Labute approximate surface area is 224 Å². The summed E-state index contributed by atoms with van der Waals surface area (Å²) in [5.41, 5.74) is 3.05. The van der Waals surface area contributed by atoms with Gasteiger partial charge in [-0.1, -0.05) is 18.2 Å². The molecule has 1 fully saturated rings. The van der Waals surface area contributed by atoms with Crippen molar-refractivity contribution in [2.24, 2.45) is 0 Å². The topological polar surface area (TPSA) is 115 Å². The van der Waals surface area contributed by atoms with Gasteiger partial charge in [-0.05, 0) is 68.7 Å². The van der Waals surface area contributed by atoms with E-state index in [1.54, 1.807) is 28.6 Å². The van der Waals surface area contributed by atoms with E-state index in [-0.39, 0.29) is 29.4 Å². The molecule has 0 radical (unpaired) electrons. The van der Waals surface area contributed by atoms with Crippen LogP contribution in [0.5, 0.6) is 11.5 Å². The van der Waals surface area contributed by atoms with Crippen LogP contribution in [0.4, 0.5) is 5.69 Å². The summed E-state index contributed by atoms with van der Waals surface area (Å²) in [6.07, 6.45) is 2.78. The molecule has 4 heterocycles. The second-order valence-corrected chi connectivity index (χ2v) is 12.4. The number of amides is 1. The van der Waals surface area contributed by atoms with Crippen molar-refractivity contribution in [1.29, 1.82) is 0 Å². The Morgan fingerprint density at radius 1 is 1.11 bits per heavy atom. The number of carbonyl (C=O) groups is 1. The van der Waals surface area contributed by atoms with Crippen molar-refractivity contribution in [3.05, 3.63) is 48.0 Å². The molecule has 2 aromatic carbocycles. The van der Waals surface area contributed by atoms with E-state index in [0.29, 0.717) is 34.5 Å². The van der Waals surface area contributed by atoms with E-state index in [4.69, 9.17) is 9.47 Å². The van der Waals surface area contributed by atoms with E-state index in [0.717, 1.165) is 35.7 Å². The molecule has 10 nitrogen and oxygen atoms in total. The van der Waals surface area contributed by atoms with Crippen molar-refractivity contribution in [1.82, 2.24) is 18.9 Å². The Morgan fingerprint density at radius 3 is 2.63 bits per heavy atom. The fourth-order valence-corrected chi connectivity index (χ4v) is 7.44. The first kappa shape index (κ1) is 25.0. The van der Waals surface area contributed by atoms with Gasteiger partial charge in [0.05, 0.1) is 16.2 Å². The number of thioether (sulfide) groups is 1. The van der Waals surface area contributed by atoms with Gasteiger partial charge in [0.1, 0.15) is 0 Å². The third kappa shape index (κ3) is 4.46. The summed E-state index contributed by atoms with van der Waals surface area (Å²) >= 11 is 1.27. The molecule has 12 heteroatoms. The summed E-state index contributed by atoms with van der Waals surface area (Å²) in [5.74, 6) is 1.22. The van der Waals surface area contributed by atoms with E-state index < -0.39 is 10.0 Å². The number of piperidine rings is 1. The molecule has 1 saturated heterocycles. The van der Waals surface area contributed by atoms with Crippen LogP contribution in [0.2, 0.25) is 0 Å². The molecule has 38 heavy (non-hydrogen) atoms. The molecule has 0 spiro atoms. The van der Waals surface area contributed by atoms with Gasteiger partial charge in [-0.15, -0.1) is 10.2 Å². The highest BCUT2D eigenvalue weighted by Gasteiger charge is 2.30. The zero-order chi connectivity index (χ0) is 26.4. The predicted molar refractivity (Wildman–Crippen MR) is 144 cm³/mol. The number of nitrogens with zero attached hydrogens (tertiary/aromatic N) is 4. The van der Waals surface area contributed by atoms with Gasteiger partial charge in [0.25, 0.3) is 0 Å². The minimum absolute atomic E-state index is 0.0129. The third-order valence-corrected chi connectivity index (χ3v) is 9.90. The maximum atomic E-state index is 13.1. The highest BCUT2D eigenvalue weighted by atomic mass is 32.2. The van der Waals surface area contributed by atoms with Crippen LogP contribution in [0, 0.1) is 6.92 Å². The maximum Gasteiger partial charge on any atom is 0.243 e. The first-order valence-electron chi connectivity index (χ1n) is 12.4. The number of hydrogen-bond donors (Lipinski definition) is 1. The van der Waals surface area contributed by atoms with Crippen LogP contribution >= 0.6 is 11.8 Å². The number of hydrogen-bond acceptors (Lipinski definition) is 8. The zero-order valence-electron chi connectivity index (χ0n) is 21.0. The van der Waals surface area contributed by atoms with Crippen molar-refractivity contribution < 1.29 is 22.7 Å². The summed E-state index contributed by atoms with van der Waals surface area (Å²) < 4.78 is 40.7. The highest BCUT2D eigenvalue weighted by Crippen LogP contribution is 2.37. The Morgan fingerprint density at radius 2 is 1.87 bits per heavy atom. The van der Waals surface area contributed by atoms with Crippen molar-refractivity contribution >= 4 is 49.9 Å². The number of sulfonamides is 1. The smallest absolute Gasteiger partial charge is 0.243 e. The van der Waals surface area contributed by atoms with E-state index >= 15 is 0 Å². The number of rotatable bonds is 6. The normalized spacial score (nSPS) is 17.8. The van der Waals surface area contributed by atoms with Crippen LogP contribution in [0.1, 0.15) is 31.7 Å². The minimum Gasteiger partial charge on any atom is -0.454 e. The second kappa shape index (κ2) is 9.75. The molecule has 198 valence electrons. The monoisotopic (exact) mass is 553 g/mol. The fraction of sp³-hybridized carbons (Fsp3) is 0.346. The third-order valence-electron chi connectivity index (χ3n) is 6.94. The number of aryl methyl sites for hydroxylation is 1. The van der Waals surface area contributed by atoms with Gasteiger partial charge in [-0.2, -0.15) is 4.31 Å². The highest BCUT2D eigenvalue weighted by molar-refractivity contribution is 7.99. The molecule has 1 N–H and O–H groups in total. The van der Waals surface area contributed by atoms with Crippen molar-refractivity contribution in [3.8, 4) is 11.5 Å². The van der Waals surface area contributed by atoms with Crippen LogP contribution in [0.25, 0.3) is 16.6 Å². The number of pyridine rings is 1.